The Morgan fingerprint density at radius 1 is 0.962 bits per heavy atom. The van der Waals surface area contributed by atoms with Crippen LogP contribution in [-0.4, -0.2) is 30.1 Å². The third-order valence-corrected chi connectivity index (χ3v) is 4.37. The number of H-pyrrole nitrogens is 2. The summed E-state index contributed by atoms with van der Waals surface area (Å²) in [6.07, 6.45) is 9.11. The fourth-order valence-electron chi connectivity index (χ4n) is 3.13. The number of nitrogens with one attached hydrogen (secondary N) is 3. The van der Waals surface area contributed by atoms with Crippen LogP contribution in [0.3, 0.4) is 0 Å². The minimum atomic E-state index is 0.657. The second-order valence-corrected chi connectivity index (χ2v) is 6.00. The largest absolute Gasteiger partial charge is 0.366 e. The molecule has 5 heterocycles. The van der Waals surface area contributed by atoms with Crippen LogP contribution in [0.5, 0.6) is 0 Å². The molecule has 7 heteroatoms. The minimum Gasteiger partial charge on any atom is -0.366 e. The molecule has 0 aliphatic heterocycles. The van der Waals surface area contributed by atoms with Gasteiger partial charge in [-0.2, -0.15) is 5.10 Å². The zero-order valence-corrected chi connectivity index (χ0v) is 13.8. The van der Waals surface area contributed by atoms with Crippen LogP contribution >= 0.6 is 0 Å². The first-order chi connectivity index (χ1) is 12.9. The molecular formula is C19H15N7. The van der Waals surface area contributed by atoms with Gasteiger partial charge in [0.05, 0.1) is 6.20 Å². The maximum atomic E-state index is 4.68. The van der Waals surface area contributed by atoms with Crippen molar-refractivity contribution in [3.63, 3.8) is 0 Å². The highest BCUT2D eigenvalue weighted by Gasteiger charge is 2.13. The third kappa shape index (κ3) is 2.46. The highest BCUT2D eigenvalue weighted by atomic mass is 15.1. The van der Waals surface area contributed by atoms with Gasteiger partial charge in [0.2, 0.25) is 0 Å². The Kier molecular flexibility index (Phi) is 3.35. The van der Waals surface area contributed by atoms with Crippen LogP contribution in [0, 0.1) is 0 Å². The van der Waals surface area contributed by atoms with E-state index >= 15 is 0 Å². The summed E-state index contributed by atoms with van der Waals surface area (Å²) in [5.41, 5.74) is 4.86. The lowest BCUT2D eigenvalue weighted by atomic mass is 10.0. The summed E-state index contributed by atoms with van der Waals surface area (Å²) >= 11 is 0. The Balaban J connectivity index is 1.61. The summed E-state index contributed by atoms with van der Waals surface area (Å²) in [4.78, 5) is 16.4. The Morgan fingerprint density at radius 2 is 1.96 bits per heavy atom. The summed E-state index contributed by atoms with van der Waals surface area (Å²) in [7, 11) is 0. The molecule has 0 fully saturated rings. The zero-order valence-electron chi connectivity index (χ0n) is 13.8. The monoisotopic (exact) mass is 341 g/mol. The second-order valence-electron chi connectivity index (χ2n) is 6.00. The Morgan fingerprint density at radius 3 is 2.88 bits per heavy atom. The highest BCUT2D eigenvalue weighted by Crippen LogP contribution is 2.33. The predicted molar refractivity (Wildman–Crippen MR) is 101 cm³/mol. The lowest BCUT2D eigenvalue weighted by Gasteiger charge is -2.10. The molecule has 0 aromatic carbocycles. The minimum absolute atomic E-state index is 0.657. The van der Waals surface area contributed by atoms with Crippen molar-refractivity contribution in [1.29, 1.82) is 0 Å². The van der Waals surface area contributed by atoms with Crippen LogP contribution in [0.25, 0.3) is 33.2 Å². The Bertz CT molecular complexity index is 1190. The third-order valence-electron chi connectivity index (χ3n) is 4.37. The normalized spacial score (nSPS) is 11.2. The smallest absolute Gasteiger partial charge is 0.155 e. The molecule has 26 heavy (non-hydrogen) atoms. The molecule has 5 aromatic heterocycles. The number of anilines is 1. The van der Waals surface area contributed by atoms with E-state index in [1.807, 2.05) is 36.7 Å². The van der Waals surface area contributed by atoms with Gasteiger partial charge < -0.3 is 10.3 Å². The van der Waals surface area contributed by atoms with E-state index in [4.69, 9.17) is 0 Å². The fourth-order valence-corrected chi connectivity index (χ4v) is 3.13. The molecule has 0 amide bonds. The molecule has 126 valence electrons. The van der Waals surface area contributed by atoms with E-state index in [0.29, 0.717) is 6.54 Å². The van der Waals surface area contributed by atoms with Crippen molar-refractivity contribution in [2.75, 3.05) is 5.32 Å². The molecule has 0 spiro atoms. The van der Waals surface area contributed by atoms with Gasteiger partial charge in [0, 0.05) is 42.1 Å². The van der Waals surface area contributed by atoms with Crippen LogP contribution in [0.1, 0.15) is 5.56 Å². The molecule has 7 nitrogen and oxygen atoms in total. The van der Waals surface area contributed by atoms with Crippen LogP contribution < -0.4 is 5.32 Å². The van der Waals surface area contributed by atoms with Crippen molar-refractivity contribution in [3.05, 3.63) is 66.9 Å². The van der Waals surface area contributed by atoms with Crippen molar-refractivity contribution in [2.24, 2.45) is 0 Å². The van der Waals surface area contributed by atoms with E-state index in [2.05, 4.69) is 41.5 Å². The van der Waals surface area contributed by atoms with Crippen LogP contribution in [-0.2, 0) is 6.54 Å². The SMILES string of the molecule is c1cncc(CNc2cc(-c3ccnc4[nH]ncc34)c3cc[nH]c3n2)c1. The summed E-state index contributed by atoms with van der Waals surface area (Å²) in [5.74, 6) is 0.798. The molecule has 3 N–H and O–H groups in total. The number of fused-ring (bicyclic) bond motifs is 2. The Labute approximate surface area is 148 Å². The molecule has 5 aromatic rings. The number of rotatable bonds is 4. The second kappa shape index (κ2) is 5.96. The van der Waals surface area contributed by atoms with Gasteiger partial charge in [-0.05, 0) is 41.0 Å². The highest BCUT2D eigenvalue weighted by molar-refractivity contribution is 6.02. The standard InChI is InChI=1S/C19H15N7/c1-2-12(9-20-5-1)10-23-17-8-15(14-4-7-21-18(14)25-17)13-3-6-22-19-16(13)11-24-26-19/h1-9,11H,10H2,(H2,21,23,25)(H,22,24,26). The quantitative estimate of drug-likeness (QED) is 0.465. The topological polar surface area (TPSA) is 95.2 Å². The van der Waals surface area contributed by atoms with Gasteiger partial charge in [-0.1, -0.05) is 6.07 Å². The molecule has 0 aliphatic rings. The van der Waals surface area contributed by atoms with Crippen molar-refractivity contribution in [2.45, 2.75) is 6.54 Å². The molecule has 0 aliphatic carbocycles. The van der Waals surface area contributed by atoms with Gasteiger partial charge in [-0.25, -0.2) is 9.97 Å². The van der Waals surface area contributed by atoms with Crippen molar-refractivity contribution < 1.29 is 0 Å². The van der Waals surface area contributed by atoms with E-state index in [0.717, 1.165) is 44.6 Å². The summed E-state index contributed by atoms with van der Waals surface area (Å²) < 4.78 is 0. The van der Waals surface area contributed by atoms with Crippen molar-refractivity contribution in [3.8, 4) is 11.1 Å². The molecule has 0 unspecified atom stereocenters. The average molecular weight is 341 g/mol. The lowest BCUT2D eigenvalue weighted by molar-refractivity contribution is 1.09. The molecule has 0 atom stereocenters. The van der Waals surface area contributed by atoms with E-state index in [-0.39, 0.29) is 0 Å². The summed E-state index contributed by atoms with van der Waals surface area (Å²) in [6.45, 7) is 0.657. The van der Waals surface area contributed by atoms with Crippen LogP contribution in [0.2, 0.25) is 0 Å². The fraction of sp³-hybridized carbons (Fsp3) is 0.0526. The first-order valence-corrected chi connectivity index (χ1v) is 8.28. The van der Waals surface area contributed by atoms with Gasteiger partial charge in [0.1, 0.15) is 11.5 Å². The van der Waals surface area contributed by atoms with Gasteiger partial charge in [0.15, 0.2) is 5.65 Å². The van der Waals surface area contributed by atoms with Crippen molar-refractivity contribution in [1.82, 2.24) is 30.1 Å². The van der Waals surface area contributed by atoms with Crippen molar-refractivity contribution >= 4 is 27.9 Å². The predicted octanol–water partition coefficient (Wildman–Crippen LogP) is 3.51. The van der Waals surface area contributed by atoms with E-state index in [1.54, 1.807) is 18.6 Å². The zero-order chi connectivity index (χ0) is 17.3. The van der Waals surface area contributed by atoms with Gasteiger partial charge >= 0.3 is 0 Å². The summed E-state index contributed by atoms with van der Waals surface area (Å²) in [5, 5.41) is 12.5. The number of nitrogens with zero attached hydrogens (tertiary/aromatic N) is 4. The molecule has 0 saturated heterocycles. The maximum absolute atomic E-state index is 4.68. The van der Waals surface area contributed by atoms with E-state index < -0.39 is 0 Å². The van der Waals surface area contributed by atoms with Gasteiger partial charge in [0.25, 0.3) is 0 Å². The number of pyridine rings is 3. The molecule has 5 rings (SSSR count). The number of hydrogen-bond acceptors (Lipinski definition) is 5. The molecule has 0 radical (unpaired) electrons. The molecule has 0 saturated carbocycles. The lowest BCUT2D eigenvalue weighted by Crippen LogP contribution is -2.02. The Hall–Kier alpha value is -3.74. The van der Waals surface area contributed by atoms with Gasteiger partial charge in [-0.15, -0.1) is 0 Å². The number of aromatic amines is 2. The molecule has 0 bridgehead atoms. The average Bonchev–Trinajstić information content (AvgIpc) is 3.35. The first kappa shape index (κ1) is 14.6. The first-order valence-electron chi connectivity index (χ1n) is 8.28. The number of hydrogen-bond donors (Lipinski definition) is 3. The number of aromatic nitrogens is 6. The van der Waals surface area contributed by atoms with Crippen LogP contribution in [0.4, 0.5) is 5.82 Å². The van der Waals surface area contributed by atoms with E-state index in [1.165, 1.54) is 0 Å². The van der Waals surface area contributed by atoms with Gasteiger partial charge in [-0.3, -0.25) is 10.1 Å². The van der Waals surface area contributed by atoms with Crippen LogP contribution in [0.15, 0.2) is 61.3 Å². The maximum Gasteiger partial charge on any atom is 0.155 e. The summed E-state index contributed by atoms with van der Waals surface area (Å²) in [6, 6.07) is 10.1. The molecular weight excluding hydrogens is 326 g/mol. The van der Waals surface area contributed by atoms with E-state index in [9.17, 15) is 0 Å².